The number of halogens is 1. The van der Waals surface area contributed by atoms with E-state index in [0.717, 1.165) is 42.1 Å². The van der Waals surface area contributed by atoms with Crippen LogP contribution in [-0.4, -0.2) is 57.4 Å². The quantitative estimate of drug-likeness (QED) is 0.726. The highest BCUT2D eigenvalue weighted by molar-refractivity contribution is 9.10. The van der Waals surface area contributed by atoms with Gasteiger partial charge in [0.15, 0.2) is 5.65 Å². The Labute approximate surface area is 155 Å². The zero-order valence-corrected chi connectivity index (χ0v) is 16.2. The molecule has 8 heteroatoms. The molecule has 2 aliphatic rings. The zero-order valence-electron chi connectivity index (χ0n) is 14.6. The van der Waals surface area contributed by atoms with Gasteiger partial charge in [0.25, 0.3) is 0 Å². The predicted molar refractivity (Wildman–Crippen MR) is 97.7 cm³/mol. The first-order valence-electron chi connectivity index (χ1n) is 8.53. The lowest BCUT2D eigenvalue weighted by molar-refractivity contribution is 0.0282. The standard InChI is InChI=1S/C17H22BrN5O2/c1-17(2,3)25-16(24)22-9-11-7-21(8-12(11)10-22)14-4-5-23-15(20-14)13(18)6-19-23/h4-6,11-12H,7-10H2,1-3H3. The van der Waals surface area contributed by atoms with Crippen molar-refractivity contribution in [2.24, 2.45) is 11.8 Å². The molecule has 0 bridgehead atoms. The lowest BCUT2D eigenvalue weighted by Gasteiger charge is -2.26. The first-order valence-corrected chi connectivity index (χ1v) is 9.32. The number of likely N-dealkylation sites (tertiary alicyclic amines) is 1. The molecular weight excluding hydrogens is 386 g/mol. The lowest BCUT2D eigenvalue weighted by Crippen LogP contribution is -2.37. The summed E-state index contributed by atoms with van der Waals surface area (Å²) in [4.78, 5) is 21.1. The van der Waals surface area contributed by atoms with E-state index in [9.17, 15) is 4.79 Å². The Morgan fingerprint density at radius 3 is 2.56 bits per heavy atom. The van der Waals surface area contributed by atoms with E-state index in [-0.39, 0.29) is 6.09 Å². The normalized spacial score (nSPS) is 23.4. The predicted octanol–water partition coefficient (Wildman–Crippen LogP) is 2.79. The van der Waals surface area contributed by atoms with Gasteiger partial charge in [0.2, 0.25) is 0 Å². The van der Waals surface area contributed by atoms with E-state index in [0.29, 0.717) is 11.8 Å². The Morgan fingerprint density at radius 2 is 1.92 bits per heavy atom. The van der Waals surface area contributed by atoms with Crippen molar-refractivity contribution in [3.8, 4) is 0 Å². The highest BCUT2D eigenvalue weighted by Gasteiger charge is 2.43. The molecule has 2 atom stereocenters. The third kappa shape index (κ3) is 3.19. The highest BCUT2D eigenvalue weighted by Crippen LogP contribution is 2.34. The minimum Gasteiger partial charge on any atom is -0.444 e. The summed E-state index contributed by atoms with van der Waals surface area (Å²) in [6, 6.07) is 2.00. The molecular formula is C17H22BrN5O2. The van der Waals surface area contributed by atoms with Gasteiger partial charge >= 0.3 is 6.09 Å². The van der Waals surface area contributed by atoms with Crippen molar-refractivity contribution in [3.05, 3.63) is 22.9 Å². The van der Waals surface area contributed by atoms with Crippen LogP contribution in [0.2, 0.25) is 0 Å². The van der Waals surface area contributed by atoms with E-state index in [1.54, 1.807) is 10.7 Å². The Balaban J connectivity index is 1.43. The summed E-state index contributed by atoms with van der Waals surface area (Å²) < 4.78 is 8.15. The van der Waals surface area contributed by atoms with Crippen molar-refractivity contribution in [3.63, 3.8) is 0 Å². The van der Waals surface area contributed by atoms with Crippen LogP contribution < -0.4 is 4.90 Å². The molecule has 2 saturated heterocycles. The molecule has 134 valence electrons. The van der Waals surface area contributed by atoms with Crippen LogP contribution in [0.1, 0.15) is 20.8 Å². The molecule has 25 heavy (non-hydrogen) atoms. The molecule has 7 nitrogen and oxygen atoms in total. The Morgan fingerprint density at radius 1 is 1.24 bits per heavy atom. The fraction of sp³-hybridized carbons (Fsp3) is 0.588. The van der Waals surface area contributed by atoms with Crippen molar-refractivity contribution in [2.75, 3.05) is 31.1 Å². The van der Waals surface area contributed by atoms with E-state index in [1.807, 2.05) is 37.9 Å². The van der Waals surface area contributed by atoms with Gasteiger partial charge in [-0.25, -0.2) is 14.3 Å². The van der Waals surface area contributed by atoms with E-state index < -0.39 is 5.60 Å². The number of fused-ring (bicyclic) bond motifs is 2. The second-order valence-corrected chi connectivity index (χ2v) is 8.71. The Bertz CT molecular complexity index is 801. The van der Waals surface area contributed by atoms with Gasteiger partial charge in [0.05, 0.1) is 10.7 Å². The van der Waals surface area contributed by atoms with Crippen LogP contribution in [0.15, 0.2) is 22.9 Å². The van der Waals surface area contributed by atoms with Crippen molar-refractivity contribution in [1.29, 1.82) is 0 Å². The lowest BCUT2D eigenvalue weighted by atomic mass is 10.0. The van der Waals surface area contributed by atoms with Crippen molar-refractivity contribution in [2.45, 2.75) is 26.4 Å². The van der Waals surface area contributed by atoms with Gasteiger partial charge in [0.1, 0.15) is 11.4 Å². The summed E-state index contributed by atoms with van der Waals surface area (Å²) in [5, 5.41) is 4.23. The number of carbonyl (C=O) groups excluding carboxylic acids is 1. The SMILES string of the molecule is CC(C)(C)OC(=O)N1CC2CN(c3ccn4ncc(Br)c4n3)CC2C1. The van der Waals surface area contributed by atoms with E-state index in [4.69, 9.17) is 9.72 Å². The van der Waals surface area contributed by atoms with Crippen LogP contribution in [0.25, 0.3) is 5.65 Å². The summed E-state index contributed by atoms with van der Waals surface area (Å²) >= 11 is 3.48. The highest BCUT2D eigenvalue weighted by atomic mass is 79.9. The van der Waals surface area contributed by atoms with Gasteiger partial charge in [-0.15, -0.1) is 0 Å². The maximum absolute atomic E-state index is 12.3. The maximum Gasteiger partial charge on any atom is 0.410 e. The third-order valence-corrected chi connectivity index (χ3v) is 5.33. The summed E-state index contributed by atoms with van der Waals surface area (Å²) in [5.41, 5.74) is 0.378. The number of nitrogens with zero attached hydrogens (tertiary/aromatic N) is 5. The largest absolute Gasteiger partial charge is 0.444 e. The number of carbonyl (C=O) groups is 1. The molecule has 0 spiro atoms. The first-order chi connectivity index (χ1) is 11.8. The fourth-order valence-corrected chi connectivity index (χ4v) is 4.03. The van der Waals surface area contributed by atoms with Gasteiger partial charge in [0, 0.05) is 44.2 Å². The Hall–Kier alpha value is -1.83. The maximum atomic E-state index is 12.3. The molecule has 0 N–H and O–H groups in total. The van der Waals surface area contributed by atoms with Gasteiger partial charge < -0.3 is 14.5 Å². The molecule has 2 fully saturated rings. The van der Waals surface area contributed by atoms with Crippen LogP contribution in [-0.2, 0) is 4.74 Å². The van der Waals surface area contributed by atoms with Crippen molar-refractivity contribution >= 4 is 33.5 Å². The molecule has 2 unspecified atom stereocenters. The van der Waals surface area contributed by atoms with Crippen LogP contribution >= 0.6 is 15.9 Å². The zero-order chi connectivity index (χ0) is 17.8. The number of ether oxygens (including phenoxy) is 1. The second kappa shape index (κ2) is 5.86. The van der Waals surface area contributed by atoms with Crippen LogP contribution in [0.4, 0.5) is 10.6 Å². The minimum absolute atomic E-state index is 0.198. The number of amides is 1. The number of anilines is 1. The van der Waals surface area contributed by atoms with Crippen molar-refractivity contribution < 1.29 is 9.53 Å². The van der Waals surface area contributed by atoms with Crippen LogP contribution in [0.3, 0.4) is 0 Å². The molecule has 0 aromatic carbocycles. The summed E-state index contributed by atoms with van der Waals surface area (Å²) in [7, 11) is 0. The fourth-order valence-electron chi connectivity index (χ4n) is 3.66. The monoisotopic (exact) mass is 407 g/mol. The third-order valence-electron chi connectivity index (χ3n) is 4.77. The molecule has 1 amide bonds. The van der Waals surface area contributed by atoms with Crippen molar-refractivity contribution in [1.82, 2.24) is 19.5 Å². The molecule has 0 aliphatic carbocycles. The smallest absolute Gasteiger partial charge is 0.410 e. The molecule has 0 saturated carbocycles. The molecule has 4 rings (SSSR count). The van der Waals surface area contributed by atoms with Crippen LogP contribution in [0.5, 0.6) is 0 Å². The summed E-state index contributed by atoms with van der Waals surface area (Å²) in [6.45, 7) is 9.06. The van der Waals surface area contributed by atoms with E-state index in [1.165, 1.54) is 0 Å². The first kappa shape index (κ1) is 16.6. The van der Waals surface area contributed by atoms with Gasteiger partial charge in [-0.1, -0.05) is 0 Å². The summed E-state index contributed by atoms with van der Waals surface area (Å²) in [5.74, 6) is 1.91. The number of rotatable bonds is 1. The van der Waals surface area contributed by atoms with Gasteiger partial charge in [-0.05, 0) is 42.8 Å². The Kier molecular flexibility index (Phi) is 3.90. The average molecular weight is 408 g/mol. The van der Waals surface area contributed by atoms with Gasteiger partial charge in [-0.2, -0.15) is 5.10 Å². The topological polar surface area (TPSA) is 63.0 Å². The number of hydrogen-bond acceptors (Lipinski definition) is 5. The average Bonchev–Trinajstić information content (AvgIpc) is 3.18. The number of hydrogen-bond donors (Lipinski definition) is 0. The molecule has 2 aromatic heterocycles. The summed E-state index contributed by atoms with van der Waals surface area (Å²) in [6.07, 6.45) is 3.49. The van der Waals surface area contributed by atoms with Gasteiger partial charge in [-0.3, -0.25) is 0 Å². The molecule has 2 aliphatic heterocycles. The molecule has 0 radical (unpaired) electrons. The van der Waals surface area contributed by atoms with Crippen LogP contribution in [0, 0.1) is 11.8 Å². The second-order valence-electron chi connectivity index (χ2n) is 7.86. The molecule has 4 heterocycles. The van der Waals surface area contributed by atoms with E-state index >= 15 is 0 Å². The molecule has 2 aromatic rings. The van der Waals surface area contributed by atoms with E-state index in [2.05, 4.69) is 25.9 Å². The minimum atomic E-state index is -0.446. The number of aromatic nitrogens is 3.